The Labute approximate surface area is 70.7 Å². The van der Waals surface area contributed by atoms with E-state index < -0.39 is 0 Å². The zero-order valence-electron chi connectivity index (χ0n) is 8.06. The Balaban J connectivity index is 2.58. The molecule has 1 rings (SSSR count). The lowest BCUT2D eigenvalue weighted by molar-refractivity contribution is 0.418. The van der Waals surface area contributed by atoms with Crippen molar-refractivity contribution in [3.63, 3.8) is 0 Å². The maximum Gasteiger partial charge on any atom is -0.0206 e. The summed E-state index contributed by atoms with van der Waals surface area (Å²) < 4.78 is 0. The fourth-order valence-electron chi connectivity index (χ4n) is 2.04. The summed E-state index contributed by atoms with van der Waals surface area (Å²) in [6.07, 6.45) is 7.89. The van der Waals surface area contributed by atoms with E-state index in [1.807, 2.05) is 0 Å². The van der Waals surface area contributed by atoms with Crippen molar-refractivity contribution in [2.45, 2.75) is 46.5 Å². The molecule has 0 nitrogen and oxygen atoms in total. The molecule has 0 heterocycles. The summed E-state index contributed by atoms with van der Waals surface area (Å²) in [7, 11) is 0. The quantitative estimate of drug-likeness (QED) is 0.502. The van der Waals surface area contributed by atoms with Gasteiger partial charge in [-0.15, -0.1) is 0 Å². The third kappa shape index (κ3) is 2.36. The molecular weight excluding hydrogens is 132 g/mol. The summed E-state index contributed by atoms with van der Waals surface area (Å²) in [6.45, 7) is 6.99. The maximum atomic E-state index is 2.44. The highest BCUT2D eigenvalue weighted by Crippen LogP contribution is 2.29. The molecule has 0 aliphatic heterocycles. The van der Waals surface area contributed by atoms with Crippen LogP contribution >= 0.6 is 0 Å². The van der Waals surface area contributed by atoms with Crippen molar-refractivity contribution in [2.24, 2.45) is 11.8 Å². The summed E-state index contributed by atoms with van der Waals surface area (Å²) in [4.78, 5) is 0. The van der Waals surface area contributed by atoms with Gasteiger partial charge in [0.1, 0.15) is 0 Å². The molecular formula is C11H20. The Hall–Kier alpha value is -0.260. The Morgan fingerprint density at radius 2 is 2.27 bits per heavy atom. The van der Waals surface area contributed by atoms with E-state index in [-0.39, 0.29) is 0 Å². The summed E-state index contributed by atoms with van der Waals surface area (Å²) in [6, 6.07) is 0. The molecule has 0 bridgehead atoms. The molecule has 11 heavy (non-hydrogen) atoms. The Bertz CT molecular complexity index is 144. The van der Waals surface area contributed by atoms with Crippen LogP contribution in [0.4, 0.5) is 0 Å². The van der Waals surface area contributed by atoms with E-state index in [0.717, 1.165) is 11.8 Å². The second kappa shape index (κ2) is 3.94. The van der Waals surface area contributed by atoms with Gasteiger partial charge in [0.15, 0.2) is 0 Å². The van der Waals surface area contributed by atoms with Gasteiger partial charge in [-0.05, 0) is 44.4 Å². The second-order valence-corrected chi connectivity index (χ2v) is 3.97. The van der Waals surface area contributed by atoms with E-state index in [9.17, 15) is 0 Å². The zero-order valence-corrected chi connectivity index (χ0v) is 8.06. The maximum absolute atomic E-state index is 2.44. The van der Waals surface area contributed by atoms with Crippen molar-refractivity contribution in [1.82, 2.24) is 0 Å². The lowest BCUT2D eigenvalue weighted by Crippen LogP contribution is -2.03. The topological polar surface area (TPSA) is 0 Å². The van der Waals surface area contributed by atoms with Crippen LogP contribution in [0.3, 0.4) is 0 Å². The molecule has 0 N–H and O–H groups in total. The summed E-state index contributed by atoms with van der Waals surface area (Å²) in [5.74, 6) is 1.82. The molecule has 0 saturated carbocycles. The van der Waals surface area contributed by atoms with Crippen LogP contribution in [0.1, 0.15) is 46.5 Å². The van der Waals surface area contributed by atoms with Crippen LogP contribution in [0.25, 0.3) is 0 Å². The van der Waals surface area contributed by atoms with E-state index in [1.165, 1.54) is 25.7 Å². The van der Waals surface area contributed by atoms with Crippen LogP contribution in [0, 0.1) is 11.8 Å². The van der Waals surface area contributed by atoms with Gasteiger partial charge in [0.2, 0.25) is 0 Å². The molecule has 0 aromatic rings. The standard InChI is InChI=1S/C11H20/c1-4-11-8-9(2)6-5-7-10(11)3/h7,9,11H,4-6,8H2,1-3H3. The third-order valence-corrected chi connectivity index (χ3v) is 2.95. The van der Waals surface area contributed by atoms with E-state index in [0.29, 0.717) is 0 Å². The normalized spacial score (nSPS) is 32.8. The van der Waals surface area contributed by atoms with Crippen molar-refractivity contribution in [3.8, 4) is 0 Å². The van der Waals surface area contributed by atoms with E-state index in [1.54, 1.807) is 5.57 Å². The number of rotatable bonds is 1. The first-order valence-corrected chi connectivity index (χ1v) is 4.90. The van der Waals surface area contributed by atoms with Gasteiger partial charge in [0.05, 0.1) is 0 Å². The van der Waals surface area contributed by atoms with Gasteiger partial charge in [0, 0.05) is 0 Å². The molecule has 1 aliphatic rings. The molecule has 2 unspecified atom stereocenters. The lowest BCUT2D eigenvalue weighted by Gasteiger charge is -2.16. The predicted molar refractivity (Wildman–Crippen MR) is 50.6 cm³/mol. The predicted octanol–water partition coefficient (Wildman–Crippen LogP) is 3.78. The Kier molecular flexibility index (Phi) is 3.16. The van der Waals surface area contributed by atoms with Crippen LogP contribution < -0.4 is 0 Å². The first-order chi connectivity index (χ1) is 5.24. The minimum atomic E-state index is 0.882. The molecule has 0 fully saturated rings. The van der Waals surface area contributed by atoms with Crippen molar-refractivity contribution in [3.05, 3.63) is 11.6 Å². The molecule has 0 heteroatoms. The monoisotopic (exact) mass is 152 g/mol. The fraction of sp³-hybridized carbons (Fsp3) is 0.818. The van der Waals surface area contributed by atoms with Gasteiger partial charge in [-0.1, -0.05) is 25.5 Å². The summed E-state index contributed by atoms with van der Waals surface area (Å²) in [5.41, 5.74) is 1.64. The zero-order chi connectivity index (χ0) is 8.27. The minimum absolute atomic E-state index is 0.882. The first-order valence-electron chi connectivity index (χ1n) is 4.90. The van der Waals surface area contributed by atoms with Crippen LogP contribution in [0.2, 0.25) is 0 Å². The lowest BCUT2D eigenvalue weighted by atomic mass is 9.89. The molecule has 0 aromatic carbocycles. The molecule has 0 aromatic heterocycles. The van der Waals surface area contributed by atoms with E-state index in [2.05, 4.69) is 26.8 Å². The Morgan fingerprint density at radius 3 is 2.91 bits per heavy atom. The summed E-state index contributed by atoms with van der Waals surface area (Å²) >= 11 is 0. The highest BCUT2D eigenvalue weighted by atomic mass is 14.2. The SMILES string of the molecule is CCC1CC(C)CCC=C1C. The van der Waals surface area contributed by atoms with Crippen molar-refractivity contribution < 1.29 is 0 Å². The molecule has 64 valence electrons. The molecule has 0 saturated heterocycles. The van der Waals surface area contributed by atoms with Crippen LogP contribution in [-0.4, -0.2) is 0 Å². The van der Waals surface area contributed by atoms with Crippen molar-refractivity contribution in [1.29, 1.82) is 0 Å². The van der Waals surface area contributed by atoms with Crippen molar-refractivity contribution in [2.75, 3.05) is 0 Å². The fourth-order valence-corrected chi connectivity index (χ4v) is 2.04. The van der Waals surface area contributed by atoms with Crippen LogP contribution in [0.5, 0.6) is 0 Å². The van der Waals surface area contributed by atoms with E-state index in [4.69, 9.17) is 0 Å². The highest BCUT2D eigenvalue weighted by molar-refractivity contribution is 5.05. The minimum Gasteiger partial charge on any atom is -0.0853 e. The average Bonchev–Trinajstić information content (AvgIpc) is 2.13. The largest absolute Gasteiger partial charge is 0.0853 e. The van der Waals surface area contributed by atoms with Gasteiger partial charge in [0.25, 0.3) is 0 Å². The van der Waals surface area contributed by atoms with Crippen molar-refractivity contribution >= 4 is 0 Å². The van der Waals surface area contributed by atoms with Crippen LogP contribution in [-0.2, 0) is 0 Å². The first kappa shape index (κ1) is 8.83. The molecule has 2 atom stereocenters. The molecule has 0 radical (unpaired) electrons. The number of hydrogen-bond donors (Lipinski definition) is 0. The molecule has 1 aliphatic carbocycles. The number of allylic oxidation sites excluding steroid dienone is 2. The third-order valence-electron chi connectivity index (χ3n) is 2.95. The van der Waals surface area contributed by atoms with Crippen LogP contribution in [0.15, 0.2) is 11.6 Å². The average molecular weight is 152 g/mol. The molecule has 0 spiro atoms. The van der Waals surface area contributed by atoms with Gasteiger partial charge >= 0.3 is 0 Å². The van der Waals surface area contributed by atoms with Gasteiger partial charge in [-0.3, -0.25) is 0 Å². The molecule has 0 amide bonds. The van der Waals surface area contributed by atoms with E-state index >= 15 is 0 Å². The Morgan fingerprint density at radius 1 is 1.55 bits per heavy atom. The smallest absolute Gasteiger partial charge is 0.0206 e. The highest BCUT2D eigenvalue weighted by Gasteiger charge is 2.15. The van der Waals surface area contributed by atoms with Gasteiger partial charge < -0.3 is 0 Å². The van der Waals surface area contributed by atoms with Gasteiger partial charge in [-0.2, -0.15) is 0 Å². The summed E-state index contributed by atoms with van der Waals surface area (Å²) in [5, 5.41) is 0. The number of hydrogen-bond acceptors (Lipinski definition) is 0. The van der Waals surface area contributed by atoms with Gasteiger partial charge in [-0.25, -0.2) is 0 Å². The second-order valence-electron chi connectivity index (χ2n) is 3.97.